The van der Waals surface area contributed by atoms with E-state index in [0.717, 1.165) is 67.2 Å². The van der Waals surface area contributed by atoms with Crippen molar-refractivity contribution >= 4 is 49.4 Å². The van der Waals surface area contributed by atoms with Crippen molar-refractivity contribution in [1.29, 1.82) is 0 Å². The largest absolute Gasteiger partial charge is 0.309 e. The fourth-order valence-electron chi connectivity index (χ4n) is 7.07. The van der Waals surface area contributed by atoms with Crippen molar-refractivity contribution in [3.8, 4) is 39.6 Å². The second kappa shape index (κ2) is 10.5. The van der Waals surface area contributed by atoms with Crippen molar-refractivity contribution in [3.63, 3.8) is 0 Å². The van der Waals surface area contributed by atoms with Gasteiger partial charge in [-0.15, -0.1) is 0 Å². The highest BCUT2D eigenvalue weighted by Crippen LogP contribution is 2.34. The Kier molecular flexibility index (Phi) is 5.81. The van der Waals surface area contributed by atoms with E-state index >= 15 is 0 Å². The number of rotatable bonds is 4. The van der Waals surface area contributed by atoms with Crippen LogP contribution in [-0.2, 0) is 0 Å². The van der Waals surface area contributed by atoms with E-state index < -0.39 is 0 Å². The second-order valence-electron chi connectivity index (χ2n) is 12.1. The summed E-state index contributed by atoms with van der Waals surface area (Å²) in [6.45, 7) is 0. The molecule has 0 N–H and O–H groups in total. The Labute approximate surface area is 276 Å². The SMILES string of the molecule is c1cc(-c2ccc(-c3nc4ccccc4c4nc5ccccc5n34)cc2)nc(-c2ccc(-n3c4ccccc4c4ccccc43)cc2)c1. The summed E-state index contributed by atoms with van der Waals surface area (Å²) in [6.07, 6.45) is 0. The molecule has 0 saturated carbocycles. The van der Waals surface area contributed by atoms with Crippen molar-refractivity contribution in [3.05, 3.63) is 164 Å². The standard InChI is InChI=1S/C43H27N5/c1-4-13-37-34(12-1)43-46-38-14-5-8-19-41(38)48(43)42(45-37)30-22-20-28(21-23-30)35-15-9-16-36(44-35)29-24-26-31(27-25-29)47-39-17-6-2-10-32(39)33-11-3-7-18-40(33)47/h1-27H. The van der Waals surface area contributed by atoms with E-state index in [9.17, 15) is 0 Å². The van der Waals surface area contributed by atoms with E-state index in [4.69, 9.17) is 15.0 Å². The Morgan fingerprint density at radius 1 is 0.354 bits per heavy atom. The van der Waals surface area contributed by atoms with Crippen molar-refractivity contribution in [1.82, 2.24) is 23.9 Å². The fraction of sp³-hybridized carbons (Fsp3) is 0. The van der Waals surface area contributed by atoms with Crippen LogP contribution in [0.5, 0.6) is 0 Å². The zero-order chi connectivity index (χ0) is 31.6. The quantitative estimate of drug-likeness (QED) is 0.198. The number of fused-ring (bicyclic) bond motifs is 8. The minimum absolute atomic E-state index is 0.869. The monoisotopic (exact) mass is 613 g/mol. The van der Waals surface area contributed by atoms with Crippen molar-refractivity contribution < 1.29 is 0 Å². The van der Waals surface area contributed by atoms with Crippen LogP contribution in [0.15, 0.2) is 164 Å². The topological polar surface area (TPSA) is 48.0 Å². The van der Waals surface area contributed by atoms with Gasteiger partial charge in [0.05, 0.1) is 39.0 Å². The number of pyridine rings is 1. The molecule has 0 atom stereocenters. The van der Waals surface area contributed by atoms with Crippen LogP contribution in [0, 0.1) is 0 Å². The van der Waals surface area contributed by atoms with Crippen LogP contribution in [0.3, 0.4) is 0 Å². The molecule has 0 aliphatic rings. The summed E-state index contributed by atoms with van der Waals surface area (Å²) < 4.78 is 4.51. The van der Waals surface area contributed by atoms with E-state index in [0.29, 0.717) is 0 Å². The Hall–Kier alpha value is -6.59. The van der Waals surface area contributed by atoms with Gasteiger partial charge in [0.15, 0.2) is 0 Å². The first kappa shape index (κ1) is 26.6. The molecule has 5 heteroatoms. The third kappa shape index (κ3) is 4.08. The van der Waals surface area contributed by atoms with Crippen LogP contribution < -0.4 is 0 Å². The minimum atomic E-state index is 0.869. The Balaban J connectivity index is 1.01. The normalized spacial score (nSPS) is 11.8. The van der Waals surface area contributed by atoms with Crippen LogP contribution in [0.2, 0.25) is 0 Å². The Morgan fingerprint density at radius 3 is 1.54 bits per heavy atom. The average molecular weight is 614 g/mol. The third-order valence-electron chi connectivity index (χ3n) is 9.33. The molecular formula is C43H27N5. The lowest BCUT2D eigenvalue weighted by Gasteiger charge is -2.11. The second-order valence-corrected chi connectivity index (χ2v) is 12.1. The van der Waals surface area contributed by atoms with Crippen molar-refractivity contribution in [2.24, 2.45) is 0 Å². The first-order valence-electron chi connectivity index (χ1n) is 16.1. The molecule has 0 amide bonds. The number of hydrogen-bond donors (Lipinski definition) is 0. The van der Waals surface area contributed by atoms with E-state index in [1.165, 1.54) is 21.8 Å². The van der Waals surface area contributed by atoms with Gasteiger partial charge in [0.1, 0.15) is 11.5 Å². The molecule has 5 nitrogen and oxygen atoms in total. The molecule has 0 radical (unpaired) electrons. The summed E-state index contributed by atoms with van der Waals surface area (Å²) in [5.41, 5.74) is 12.4. The van der Waals surface area contributed by atoms with Gasteiger partial charge in [-0.25, -0.2) is 15.0 Å². The predicted octanol–water partition coefficient (Wildman–Crippen LogP) is 10.5. The average Bonchev–Trinajstić information content (AvgIpc) is 3.72. The maximum atomic E-state index is 5.12. The summed E-state index contributed by atoms with van der Waals surface area (Å²) in [4.78, 5) is 15.2. The highest BCUT2D eigenvalue weighted by atomic mass is 15.1. The number of para-hydroxylation sites is 5. The van der Waals surface area contributed by atoms with Crippen molar-refractivity contribution in [2.45, 2.75) is 0 Å². The fourth-order valence-corrected chi connectivity index (χ4v) is 7.07. The molecule has 10 rings (SSSR count). The molecular weight excluding hydrogens is 587 g/mol. The summed E-state index contributed by atoms with van der Waals surface area (Å²) >= 11 is 0. The van der Waals surface area contributed by atoms with E-state index in [1.807, 2.05) is 18.2 Å². The maximum Gasteiger partial charge on any atom is 0.149 e. The lowest BCUT2D eigenvalue weighted by atomic mass is 10.1. The smallest absolute Gasteiger partial charge is 0.149 e. The molecule has 48 heavy (non-hydrogen) atoms. The van der Waals surface area contributed by atoms with Gasteiger partial charge in [-0.2, -0.15) is 0 Å². The Morgan fingerprint density at radius 2 is 0.875 bits per heavy atom. The molecule has 0 saturated heterocycles. The lowest BCUT2D eigenvalue weighted by molar-refractivity contribution is 1.16. The van der Waals surface area contributed by atoms with Gasteiger partial charge < -0.3 is 4.57 Å². The van der Waals surface area contributed by atoms with Crippen LogP contribution in [0.1, 0.15) is 0 Å². The zero-order valence-corrected chi connectivity index (χ0v) is 25.8. The predicted molar refractivity (Wildman–Crippen MR) is 196 cm³/mol. The number of aromatic nitrogens is 5. The third-order valence-corrected chi connectivity index (χ3v) is 9.33. The Bertz CT molecular complexity index is 2770. The van der Waals surface area contributed by atoms with E-state index in [1.54, 1.807) is 0 Å². The van der Waals surface area contributed by atoms with Gasteiger partial charge in [0.25, 0.3) is 0 Å². The highest BCUT2D eigenvalue weighted by molar-refractivity contribution is 6.09. The van der Waals surface area contributed by atoms with Crippen molar-refractivity contribution in [2.75, 3.05) is 0 Å². The molecule has 0 aliphatic heterocycles. The van der Waals surface area contributed by atoms with Gasteiger partial charge in [0, 0.05) is 38.5 Å². The number of hydrogen-bond acceptors (Lipinski definition) is 3. The van der Waals surface area contributed by atoms with Gasteiger partial charge >= 0.3 is 0 Å². The van der Waals surface area contributed by atoms with Gasteiger partial charge in [-0.05, 0) is 60.7 Å². The first-order chi connectivity index (χ1) is 23.8. The van der Waals surface area contributed by atoms with Crippen LogP contribution in [0.25, 0.3) is 89.0 Å². The van der Waals surface area contributed by atoms with Gasteiger partial charge in [-0.3, -0.25) is 4.40 Å². The molecule has 0 fully saturated rings. The lowest BCUT2D eigenvalue weighted by Crippen LogP contribution is -1.98. The van der Waals surface area contributed by atoms with Crippen LogP contribution >= 0.6 is 0 Å². The summed E-state index contributed by atoms with van der Waals surface area (Å²) in [5.74, 6) is 0.869. The van der Waals surface area contributed by atoms with Crippen LogP contribution in [-0.4, -0.2) is 23.9 Å². The summed E-state index contributed by atoms with van der Waals surface area (Å²) in [5, 5.41) is 3.56. The summed E-state index contributed by atoms with van der Waals surface area (Å²) in [7, 11) is 0. The molecule has 224 valence electrons. The molecule has 6 aromatic carbocycles. The number of imidazole rings is 1. The molecule has 4 aromatic heterocycles. The van der Waals surface area contributed by atoms with E-state index in [2.05, 4.69) is 155 Å². The minimum Gasteiger partial charge on any atom is -0.309 e. The zero-order valence-electron chi connectivity index (χ0n) is 25.8. The van der Waals surface area contributed by atoms with Gasteiger partial charge in [0.2, 0.25) is 0 Å². The number of nitrogens with zero attached hydrogens (tertiary/aromatic N) is 5. The molecule has 0 spiro atoms. The molecule has 0 bridgehead atoms. The van der Waals surface area contributed by atoms with Crippen LogP contribution in [0.4, 0.5) is 0 Å². The molecule has 4 heterocycles. The highest BCUT2D eigenvalue weighted by Gasteiger charge is 2.16. The number of benzene rings is 6. The molecule has 0 aliphatic carbocycles. The maximum absolute atomic E-state index is 5.12. The molecule has 10 aromatic rings. The van der Waals surface area contributed by atoms with Gasteiger partial charge in [-0.1, -0.05) is 103 Å². The first-order valence-corrected chi connectivity index (χ1v) is 16.1. The van der Waals surface area contributed by atoms with E-state index in [-0.39, 0.29) is 0 Å². The molecule has 0 unspecified atom stereocenters. The summed E-state index contributed by atoms with van der Waals surface area (Å²) in [6, 6.07) is 57.1.